The summed E-state index contributed by atoms with van der Waals surface area (Å²) in [5, 5.41) is 9.93. The third kappa shape index (κ3) is 2.65. The Kier molecular flexibility index (Phi) is 3.78. The predicted molar refractivity (Wildman–Crippen MR) is 83.4 cm³/mol. The van der Waals surface area contributed by atoms with Gasteiger partial charge < -0.3 is 5.11 Å². The van der Waals surface area contributed by atoms with Gasteiger partial charge in [0.15, 0.2) is 0 Å². The lowest BCUT2D eigenvalue weighted by atomic mass is 10.0. The number of carboxylic acid groups (broad SMARTS) is 1. The molecule has 0 saturated heterocycles. The molecule has 3 aromatic rings. The number of rotatable bonds is 3. The van der Waals surface area contributed by atoms with Crippen LogP contribution in [0.15, 0.2) is 42.5 Å². The molecule has 2 aromatic carbocycles. The summed E-state index contributed by atoms with van der Waals surface area (Å²) in [7, 11) is 0. The Hall–Kier alpha value is -2.82. The zero-order chi connectivity index (χ0) is 16.6. The Bertz CT molecular complexity index is 922. The van der Waals surface area contributed by atoms with Gasteiger partial charge in [-0.05, 0) is 36.2 Å². The predicted octanol–water partition coefficient (Wildman–Crippen LogP) is 4.44. The fourth-order valence-electron chi connectivity index (χ4n) is 2.60. The van der Waals surface area contributed by atoms with Gasteiger partial charge in [-0.25, -0.2) is 18.6 Å². The molecule has 3 nitrogen and oxygen atoms in total. The van der Waals surface area contributed by atoms with Gasteiger partial charge in [0.25, 0.3) is 0 Å². The number of hydrogen-bond donors (Lipinski definition) is 1. The molecule has 3 rings (SSSR count). The number of hydrogen-bond acceptors (Lipinski definition) is 2. The van der Waals surface area contributed by atoms with Crippen LogP contribution in [-0.4, -0.2) is 16.1 Å². The van der Waals surface area contributed by atoms with E-state index in [1.807, 2.05) is 13.0 Å². The second-order valence-electron chi connectivity index (χ2n) is 5.15. The summed E-state index contributed by atoms with van der Waals surface area (Å²) in [6.07, 6.45) is 0.651. The smallest absolute Gasteiger partial charge is 0.336 e. The van der Waals surface area contributed by atoms with Gasteiger partial charge in [-0.15, -0.1) is 0 Å². The van der Waals surface area contributed by atoms with Gasteiger partial charge in [0.2, 0.25) is 0 Å². The van der Waals surface area contributed by atoms with Crippen molar-refractivity contribution >= 4 is 16.9 Å². The maximum Gasteiger partial charge on any atom is 0.336 e. The second kappa shape index (κ2) is 5.76. The van der Waals surface area contributed by atoms with Gasteiger partial charge in [0.1, 0.15) is 11.6 Å². The van der Waals surface area contributed by atoms with E-state index in [0.717, 1.165) is 23.8 Å². The summed E-state index contributed by atoms with van der Waals surface area (Å²) in [6.45, 7) is 1.92. The van der Waals surface area contributed by atoms with E-state index in [1.165, 1.54) is 6.07 Å². The van der Waals surface area contributed by atoms with Gasteiger partial charge in [-0.3, -0.25) is 0 Å². The van der Waals surface area contributed by atoms with Crippen LogP contribution in [-0.2, 0) is 6.42 Å². The third-order valence-corrected chi connectivity index (χ3v) is 3.74. The van der Waals surface area contributed by atoms with Crippen LogP contribution in [0, 0.1) is 11.6 Å². The fraction of sp³-hybridized carbons (Fsp3) is 0.111. The monoisotopic (exact) mass is 313 g/mol. The number of pyridine rings is 1. The Morgan fingerprint density at radius 3 is 2.65 bits per heavy atom. The molecule has 1 heterocycles. The van der Waals surface area contributed by atoms with Crippen LogP contribution in [0.3, 0.4) is 0 Å². The Morgan fingerprint density at radius 2 is 1.96 bits per heavy atom. The molecule has 116 valence electrons. The molecule has 1 aromatic heterocycles. The number of benzene rings is 2. The zero-order valence-corrected chi connectivity index (χ0v) is 12.3. The maximum absolute atomic E-state index is 14.0. The quantitative estimate of drug-likeness (QED) is 0.777. The lowest BCUT2D eigenvalue weighted by Crippen LogP contribution is -2.02. The summed E-state index contributed by atoms with van der Waals surface area (Å²) in [6, 6.07) is 9.57. The first-order valence-corrected chi connectivity index (χ1v) is 7.12. The molecule has 0 unspecified atom stereocenters. The number of aryl methyl sites for hydroxylation is 1. The maximum atomic E-state index is 14.0. The Balaban J connectivity index is 2.38. The lowest BCUT2D eigenvalue weighted by Gasteiger charge is -2.10. The van der Waals surface area contributed by atoms with Crippen LogP contribution in [0.1, 0.15) is 22.8 Å². The Labute approximate surface area is 131 Å². The molecule has 0 amide bonds. The average Bonchev–Trinajstić information content (AvgIpc) is 2.55. The molecule has 1 N–H and O–H groups in total. The molecule has 0 radical (unpaired) electrons. The van der Waals surface area contributed by atoms with Crippen LogP contribution in [0.4, 0.5) is 8.78 Å². The van der Waals surface area contributed by atoms with Crippen molar-refractivity contribution in [1.82, 2.24) is 4.98 Å². The molecular formula is C18H13F2NO2. The summed E-state index contributed by atoms with van der Waals surface area (Å²) in [5.41, 5.74) is 1.41. The molecule has 5 heteroatoms. The van der Waals surface area contributed by atoms with E-state index in [-0.39, 0.29) is 16.8 Å². The molecule has 0 saturated carbocycles. The highest BCUT2D eigenvalue weighted by molar-refractivity contribution is 6.04. The normalized spacial score (nSPS) is 10.9. The zero-order valence-electron chi connectivity index (χ0n) is 12.3. The van der Waals surface area contributed by atoms with Gasteiger partial charge in [0.05, 0.1) is 16.8 Å². The first kappa shape index (κ1) is 15.1. The van der Waals surface area contributed by atoms with Crippen molar-refractivity contribution in [3.05, 3.63) is 65.2 Å². The minimum absolute atomic E-state index is 0.0176. The minimum Gasteiger partial charge on any atom is -0.478 e. The van der Waals surface area contributed by atoms with Crippen molar-refractivity contribution < 1.29 is 18.7 Å². The van der Waals surface area contributed by atoms with E-state index < -0.39 is 17.6 Å². The molecule has 0 spiro atoms. The van der Waals surface area contributed by atoms with Gasteiger partial charge in [-0.1, -0.05) is 25.1 Å². The number of halogens is 2. The third-order valence-electron chi connectivity index (χ3n) is 3.74. The van der Waals surface area contributed by atoms with E-state index in [9.17, 15) is 18.7 Å². The standard InChI is InChI=1S/C18H13F2NO2/c1-2-10-4-3-5-12-13(18(22)23)9-16(21-17(10)12)14-8-11(19)6-7-15(14)20/h3-9H,2H2,1H3,(H,22,23). The topological polar surface area (TPSA) is 50.2 Å². The van der Waals surface area contributed by atoms with E-state index in [4.69, 9.17) is 0 Å². The first-order valence-electron chi connectivity index (χ1n) is 7.12. The number of aromatic nitrogens is 1. The van der Waals surface area contributed by atoms with Gasteiger partial charge in [0, 0.05) is 10.9 Å². The lowest BCUT2D eigenvalue weighted by molar-refractivity contribution is 0.0699. The van der Waals surface area contributed by atoms with Gasteiger partial charge in [-0.2, -0.15) is 0 Å². The van der Waals surface area contributed by atoms with E-state index in [2.05, 4.69) is 4.98 Å². The van der Waals surface area contributed by atoms with Crippen molar-refractivity contribution in [2.24, 2.45) is 0 Å². The van der Waals surface area contributed by atoms with Crippen molar-refractivity contribution in [3.8, 4) is 11.3 Å². The average molecular weight is 313 g/mol. The molecule has 0 atom stereocenters. The summed E-state index contributed by atoms with van der Waals surface area (Å²) >= 11 is 0. The largest absolute Gasteiger partial charge is 0.478 e. The molecule has 0 aliphatic rings. The highest BCUT2D eigenvalue weighted by Gasteiger charge is 2.16. The van der Waals surface area contributed by atoms with Crippen molar-refractivity contribution in [1.29, 1.82) is 0 Å². The van der Waals surface area contributed by atoms with Crippen LogP contribution in [0.25, 0.3) is 22.2 Å². The highest BCUT2D eigenvalue weighted by Crippen LogP contribution is 2.29. The van der Waals surface area contributed by atoms with E-state index in [1.54, 1.807) is 12.1 Å². The van der Waals surface area contributed by atoms with E-state index in [0.29, 0.717) is 17.3 Å². The summed E-state index contributed by atoms with van der Waals surface area (Å²) < 4.78 is 27.5. The summed E-state index contributed by atoms with van der Waals surface area (Å²) in [4.78, 5) is 15.9. The van der Waals surface area contributed by atoms with Crippen LogP contribution in [0.2, 0.25) is 0 Å². The van der Waals surface area contributed by atoms with Crippen molar-refractivity contribution in [3.63, 3.8) is 0 Å². The summed E-state index contributed by atoms with van der Waals surface area (Å²) in [5.74, 6) is -2.39. The molecule has 0 fully saturated rings. The van der Waals surface area contributed by atoms with Crippen LogP contribution in [0.5, 0.6) is 0 Å². The first-order chi connectivity index (χ1) is 11.0. The van der Waals surface area contributed by atoms with Gasteiger partial charge >= 0.3 is 5.97 Å². The molecule has 0 bridgehead atoms. The van der Waals surface area contributed by atoms with Crippen LogP contribution >= 0.6 is 0 Å². The molecular weight excluding hydrogens is 300 g/mol. The number of nitrogens with zero attached hydrogens (tertiary/aromatic N) is 1. The van der Waals surface area contributed by atoms with Crippen LogP contribution < -0.4 is 0 Å². The number of para-hydroxylation sites is 1. The second-order valence-corrected chi connectivity index (χ2v) is 5.15. The Morgan fingerprint density at radius 1 is 1.17 bits per heavy atom. The number of aromatic carboxylic acids is 1. The number of fused-ring (bicyclic) bond motifs is 1. The number of carbonyl (C=O) groups is 1. The fourth-order valence-corrected chi connectivity index (χ4v) is 2.60. The highest BCUT2D eigenvalue weighted by atomic mass is 19.1. The number of carboxylic acids is 1. The van der Waals surface area contributed by atoms with Crippen molar-refractivity contribution in [2.75, 3.05) is 0 Å². The molecule has 23 heavy (non-hydrogen) atoms. The van der Waals surface area contributed by atoms with E-state index >= 15 is 0 Å². The van der Waals surface area contributed by atoms with Crippen molar-refractivity contribution in [2.45, 2.75) is 13.3 Å². The minimum atomic E-state index is -1.14. The molecule has 0 aliphatic carbocycles. The SMILES string of the molecule is CCc1cccc2c(C(=O)O)cc(-c3cc(F)ccc3F)nc12. The molecule has 0 aliphatic heterocycles.